The van der Waals surface area contributed by atoms with Crippen molar-refractivity contribution in [2.45, 2.75) is 31.4 Å². The van der Waals surface area contributed by atoms with E-state index < -0.39 is 58.0 Å². The molecule has 4 atom stereocenters. The second kappa shape index (κ2) is 6.52. The number of hydrogen-bond acceptors (Lipinski definition) is 7. The van der Waals surface area contributed by atoms with Crippen LogP contribution in [0.3, 0.4) is 0 Å². The van der Waals surface area contributed by atoms with Crippen molar-refractivity contribution < 1.29 is 29.7 Å². The lowest BCUT2D eigenvalue weighted by atomic mass is 9.58. The number of carbonyl (C=O) groups excluding carboxylic acids is 3. The van der Waals surface area contributed by atoms with Gasteiger partial charge in [0.1, 0.15) is 17.1 Å². The number of aryl methyl sites for hydroxylation is 1. The number of allylic oxidation sites excluding steroid dienone is 1. The van der Waals surface area contributed by atoms with Gasteiger partial charge in [-0.25, -0.2) is 0 Å². The zero-order chi connectivity index (χ0) is 22.1. The Hall–Kier alpha value is -2.97. The summed E-state index contributed by atoms with van der Waals surface area (Å²) < 4.78 is 0. The minimum Gasteiger partial charge on any atom is -0.510 e. The zero-order valence-electron chi connectivity index (χ0n) is 17.0. The van der Waals surface area contributed by atoms with E-state index in [1.165, 1.54) is 0 Å². The van der Waals surface area contributed by atoms with Crippen LogP contribution in [0.4, 0.5) is 0 Å². The Morgan fingerprint density at radius 2 is 1.90 bits per heavy atom. The average molecular weight is 412 g/mol. The van der Waals surface area contributed by atoms with Crippen LogP contribution in [0.25, 0.3) is 0 Å². The summed E-state index contributed by atoms with van der Waals surface area (Å²) in [6.45, 7) is 1.79. The molecule has 30 heavy (non-hydrogen) atoms. The molecule has 3 aliphatic carbocycles. The summed E-state index contributed by atoms with van der Waals surface area (Å²) in [5.74, 6) is -5.48. The number of nitrogens with two attached hydrogens (primary N) is 1. The van der Waals surface area contributed by atoms with Crippen LogP contribution in [0.5, 0.6) is 0 Å². The fourth-order valence-electron chi connectivity index (χ4n) is 5.39. The van der Waals surface area contributed by atoms with E-state index >= 15 is 0 Å². The van der Waals surface area contributed by atoms with Gasteiger partial charge in [-0.2, -0.15) is 0 Å². The largest absolute Gasteiger partial charge is 0.510 e. The molecule has 3 aliphatic rings. The Morgan fingerprint density at radius 3 is 2.50 bits per heavy atom. The minimum atomic E-state index is -2.52. The third-order valence-electron chi connectivity index (χ3n) is 6.69. The summed E-state index contributed by atoms with van der Waals surface area (Å²) in [6, 6.07) is 4.56. The maximum absolute atomic E-state index is 13.3. The van der Waals surface area contributed by atoms with Crippen molar-refractivity contribution in [2.24, 2.45) is 17.6 Å². The van der Waals surface area contributed by atoms with Crippen molar-refractivity contribution in [3.8, 4) is 0 Å². The molecule has 8 heteroatoms. The first-order valence-corrected chi connectivity index (χ1v) is 9.75. The predicted octanol–water partition coefficient (Wildman–Crippen LogP) is 0.723. The molecule has 0 saturated heterocycles. The summed E-state index contributed by atoms with van der Waals surface area (Å²) >= 11 is 0. The number of ketones is 2. The molecule has 1 amide bonds. The monoisotopic (exact) mass is 412 g/mol. The topological polar surface area (TPSA) is 141 Å². The fraction of sp³-hybridized carbons (Fsp3) is 0.409. The highest BCUT2D eigenvalue weighted by molar-refractivity contribution is 6.24. The van der Waals surface area contributed by atoms with Crippen LogP contribution >= 0.6 is 0 Å². The molecular weight excluding hydrogens is 388 g/mol. The number of Topliss-reactive ketones (excluding diaryl/α,β-unsaturated/α-hetero) is 2. The standard InChI is InChI=1S/C22H24N2O6/c1-9-5-4-6-10-7-11-8-12-16(24(2)3)18(26)15(21(23)29)20(28)22(12,30)19(27)14(11)17(25)13(9)10/h4-6,11-12,16,26-27,30H,7-8H2,1-3H3,(H2,23,29)/t11-,12-,16-,22-/m0/s1. The SMILES string of the molecule is Cc1cccc2c1C(=O)C1=C(O)[C@]3(O)C(=O)C(C(N)=O)=C(O)[C@@H](N(C)C)[C@@H]3C[C@@H]1C2. The fourth-order valence-corrected chi connectivity index (χ4v) is 5.39. The molecule has 5 N–H and O–H groups in total. The van der Waals surface area contributed by atoms with Gasteiger partial charge in [-0.15, -0.1) is 0 Å². The van der Waals surface area contributed by atoms with E-state index in [4.69, 9.17) is 5.73 Å². The number of likely N-dealkylation sites (N-methyl/N-ethyl adjacent to an activating group) is 1. The lowest BCUT2D eigenvalue weighted by Gasteiger charge is -2.50. The molecule has 8 nitrogen and oxygen atoms in total. The summed E-state index contributed by atoms with van der Waals surface area (Å²) in [6.07, 6.45) is 0.621. The Morgan fingerprint density at radius 1 is 1.23 bits per heavy atom. The van der Waals surface area contributed by atoms with Crippen molar-refractivity contribution in [1.82, 2.24) is 4.90 Å². The third-order valence-corrected chi connectivity index (χ3v) is 6.69. The average Bonchev–Trinajstić information content (AvgIpc) is 2.64. The van der Waals surface area contributed by atoms with Crippen molar-refractivity contribution >= 4 is 17.5 Å². The first-order valence-electron chi connectivity index (χ1n) is 9.75. The van der Waals surface area contributed by atoms with E-state index in [1.807, 2.05) is 12.1 Å². The Kier molecular flexibility index (Phi) is 4.41. The maximum Gasteiger partial charge on any atom is 0.255 e. The van der Waals surface area contributed by atoms with E-state index in [0.717, 1.165) is 11.1 Å². The lowest BCUT2D eigenvalue weighted by molar-refractivity contribution is -0.148. The number of primary amides is 1. The van der Waals surface area contributed by atoms with Gasteiger partial charge in [0.15, 0.2) is 11.4 Å². The van der Waals surface area contributed by atoms with Crippen LogP contribution < -0.4 is 5.73 Å². The van der Waals surface area contributed by atoms with Gasteiger partial charge in [0, 0.05) is 17.1 Å². The number of amides is 1. The van der Waals surface area contributed by atoms with E-state index in [2.05, 4.69) is 0 Å². The molecule has 0 aliphatic heterocycles. The highest BCUT2D eigenvalue weighted by Gasteiger charge is 2.63. The van der Waals surface area contributed by atoms with Gasteiger partial charge < -0.3 is 21.1 Å². The van der Waals surface area contributed by atoms with Gasteiger partial charge in [0.2, 0.25) is 5.78 Å². The quantitative estimate of drug-likeness (QED) is 0.525. The Bertz CT molecular complexity index is 1070. The molecule has 1 aromatic rings. The van der Waals surface area contributed by atoms with Crippen LogP contribution in [0.2, 0.25) is 0 Å². The van der Waals surface area contributed by atoms with E-state index in [-0.39, 0.29) is 12.0 Å². The van der Waals surface area contributed by atoms with Gasteiger partial charge in [0.05, 0.1) is 6.04 Å². The molecule has 158 valence electrons. The minimum absolute atomic E-state index is 0.00776. The zero-order valence-corrected chi connectivity index (χ0v) is 17.0. The molecule has 1 aromatic carbocycles. The second-order valence-corrected chi connectivity index (χ2v) is 8.57. The van der Waals surface area contributed by atoms with Crippen molar-refractivity contribution in [3.63, 3.8) is 0 Å². The van der Waals surface area contributed by atoms with E-state index in [0.29, 0.717) is 12.0 Å². The van der Waals surface area contributed by atoms with Crippen LogP contribution in [0, 0.1) is 18.8 Å². The second-order valence-electron chi connectivity index (χ2n) is 8.57. The first kappa shape index (κ1) is 20.3. The molecule has 0 radical (unpaired) electrons. The number of fused-ring (bicyclic) bond motifs is 3. The van der Waals surface area contributed by atoms with Crippen molar-refractivity contribution in [1.29, 1.82) is 0 Å². The lowest BCUT2D eigenvalue weighted by Crippen LogP contribution is -2.63. The normalized spacial score (nSPS) is 30.9. The van der Waals surface area contributed by atoms with Crippen molar-refractivity contribution in [3.05, 3.63) is 57.6 Å². The van der Waals surface area contributed by atoms with Crippen molar-refractivity contribution in [2.75, 3.05) is 14.1 Å². The number of hydrogen-bond donors (Lipinski definition) is 4. The van der Waals surface area contributed by atoms with Crippen LogP contribution in [0.15, 0.2) is 40.9 Å². The van der Waals surface area contributed by atoms with Gasteiger partial charge in [-0.1, -0.05) is 18.2 Å². The van der Waals surface area contributed by atoms with Crippen LogP contribution in [-0.4, -0.2) is 63.4 Å². The molecule has 0 heterocycles. The Balaban J connectivity index is 1.97. The number of carbonyl (C=O) groups is 3. The van der Waals surface area contributed by atoms with Crippen LogP contribution in [0.1, 0.15) is 27.9 Å². The third kappa shape index (κ3) is 2.44. The van der Waals surface area contributed by atoms with E-state index in [9.17, 15) is 29.7 Å². The summed E-state index contributed by atoms with van der Waals surface area (Å²) in [7, 11) is 3.24. The molecule has 0 spiro atoms. The van der Waals surface area contributed by atoms with Gasteiger partial charge in [-0.3, -0.25) is 19.3 Å². The van der Waals surface area contributed by atoms with Crippen LogP contribution in [-0.2, 0) is 16.0 Å². The van der Waals surface area contributed by atoms with Gasteiger partial charge in [0.25, 0.3) is 5.91 Å². The summed E-state index contributed by atoms with van der Waals surface area (Å²) in [4.78, 5) is 39.9. The summed E-state index contributed by atoms with van der Waals surface area (Å²) in [5, 5.41) is 33.2. The van der Waals surface area contributed by atoms with Gasteiger partial charge in [-0.05, 0) is 50.9 Å². The summed E-state index contributed by atoms with van der Waals surface area (Å²) in [5.41, 5.74) is 4.06. The molecule has 4 rings (SSSR count). The highest BCUT2D eigenvalue weighted by Crippen LogP contribution is 2.51. The molecule has 0 unspecified atom stereocenters. The number of benzene rings is 1. The van der Waals surface area contributed by atoms with E-state index in [1.54, 1.807) is 32.0 Å². The Labute approximate surface area is 173 Å². The molecule has 0 bridgehead atoms. The molecule has 0 saturated carbocycles. The molecule has 0 fully saturated rings. The number of rotatable bonds is 2. The smallest absolute Gasteiger partial charge is 0.255 e. The molecular formula is C22H24N2O6. The number of aliphatic hydroxyl groups excluding tert-OH is 2. The molecule has 0 aromatic heterocycles. The highest BCUT2D eigenvalue weighted by atomic mass is 16.3. The first-order chi connectivity index (χ1) is 14.0. The number of nitrogens with zero attached hydrogens (tertiary/aromatic N) is 1. The maximum atomic E-state index is 13.3. The van der Waals surface area contributed by atoms with Gasteiger partial charge >= 0.3 is 0 Å². The number of aliphatic hydroxyl groups is 3. The predicted molar refractivity (Wildman–Crippen MR) is 107 cm³/mol.